The molecular weight excluding hydrogens is 511 g/mol. The number of aromatic nitrogens is 2. The Morgan fingerprint density at radius 3 is 2.33 bits per heavy atom. The van der Waals surface area contributed by atoms with Crippen LogP contribution in [0.3, 0.4) is 0 Å². The molecule has 192 valence electrons. The van der Waals surface area contributed by atoms with Crippen LogP contribution in [0.1, 0.15) is 5.56 Å². The molecule has 39 heavy (non-hydrogen) atoms. The zero-order valence-electron chi connectivity index (χ0n) is 20.6. The van der Waals surface area contributed by atoms with E-state index in [0.29, 0.717) is 16.9 Å². The van der Waals surface area contributed by atoms with Crippen LogP contribution in [0.15, 0.2) is 122 Å². The molecular formula is C31H23FN4O2S. The number of pyridine rings is 1. The zero-order valence-corrected chi connectivity index (χ0v) is 21.4. The van der Waals surface area contributed by atoms with Crippen LogP contribution in [-0.2, 0) is 11.3 Å². The Bertz CT molecular complexity index is 1760. The highest BCUT2D eigenvalue weighted by molar-refractivity contribution is 7.81. The molecule has 3 heterocycles. The topological polar surface area (TPSA) is 81.2 Å². The number of rotatable bonds is 6. The molecule has 8 heteroatoms. The molecule has 6 nitrogen and oxygen atoms in total. The minimum Gasteiger partial charge on any atom is -0.361 e. The van der Waals surface area contributed by atoms with E-state index in [2.05, 4.69) is 15.3 Å². The highest BCUT2D eigenvalue weighted by atomic mass is 32.2. The highest BCUT2D eigenvalue weighted by Gasteiger charge is 2.26. The van der Waals surface area contributed by atoms with Crippen LogP contribution in [0.4, 0.5) is 15.8 Å². The van der Waals surface area contributed by atoms with Crippen molar-refractivity contribution < 1.29 is 13.2 Å². The van der Waals surface area contributed by atoms with Gasteiger partial charge in [-0.15, -0.1) is 0 Å². The van der Waals surface area contributed by atoms with Gasteiger partial charge in [0, 0.05) is 40.8 Å². The fraction of sp³-hybridized carbons (Fsp3) is 0. The van der Waals surface area contributed by atoms with E-state index in [0.717, 1.165) is 39.0 Å². The Kier molecular flexibility index (Phi) is 6.62. The molecule has 0 bridgehead atoms. The molecule has 1 aliphatic heterocycles. The Hall–Kier alpha value is -4.79. The first-order chi connectivity index (χ1) is 19.1. The second-order valence-electron chi connectivity index (χ2n) is 8.83. The molecule has 0 radical (unpaired) electrons. The lowest BCUT2D eigenvalue weighted by atomic mass is 9.97. The minimum absolute atomic E-state index is 0.321. The molecule has 0 saturated heterocycles. The van der Waals surface area contributed by atoms with Gasteiger partial charge in [0.2, 0.25) is 0 Å². The quantitative estimate of drug-likeness (QED) is 0.199. The molecule has 0 saturated carbocycles. The summed E-state index contributed by atoms with van der Waals surface area (Å²) in [6.07, 6.45) is 12.9. The maximum atomic E-state index is 13.8. The molecule has 0 fully saturated rings. The first kappa shape index (κ1) is 24.5. The average molecular weight is 535 g/mol. The number of allylic oxidation sites excluding steroid dienone is 4. The van der Waals surface area contributed by atoms with Crippen LogP contribution in [0.25, 0.3) is 39.0 Å². The lowest BCUT2D eigenvalue weighted by molar-refractivity contribution is 0.564. The van der Waals surface area contributed by atoms with Crippen molar-refractivity contribution in [2.45, 2.75) is 0 Å². The van der Waals surface area contributed by atoms with E-state index >= 15 is 0 Å². The normalized spacial score (nSPS) is 13.5. The first-order valence-corrected chi connectivity index (χ1v) is 13.3. The molecule has 3 N–H and O–H groups in total. The number of halogens is 1. The third-order valence-electron chi connectivity index (χ3n) is 6.51. The molecule has 2 aromatic heterocycles. The molecule has 1 aliphatic rings. The van der Waals surface area contributed by atoms with Gasteiger partial charge in [-0.2, -0.15) is 0 Å². The van der Waals surface area contributed by atoms with Gasteiger partial charge in [0.15, 0.2) is 0 Å². The van der Waals surface area contributed by atoms with E-state index in [1.165, 1.54) is 16.4 Å². The van der Waals surface area contributed by atoms with Crippen molar-refractivity contribution in [3.05, 3.63) is 133 Å². The van der Waals surface area contributed by atoms with E-state index in [4.69, 9.17) is 0 Å². The number of fused-ring (bicyclic) bond motifs is 1. The van der Waals surface area contributed by atoms with Crippen molar-refractivity contribution in [2.24, 2.45) is 0 Å². The molecule has 5 aromatic rings. The van der Waals surface area contributed by atoms with Crippen molar-refractivity contribution in [1.82, 2.24) is 15.3 Å². The van der Waals surface area contributed by atoms with Gasteiger partial charge in [-0.1, -0.05) is 36.4 Å². The van der Waals surface area contributed by atoms with Crippen molar-refractivity contribution in [3.8, 4) is 22.4 Å². The second-order valence-corrected chi connectivity index (χ2v) is 9.66. The predicted octanol–water partition coefficient (Wildman–Crippen LogP) is 7.32. The summed E-state index contributed by atoms with van der Waals surface area (Å²) in [7, 11) is 0. The standard InChI is InChI=1S/C31H23FN4O2S/c32-23-12-10-22(11-13-23)30-28(21-16-19-33-20-17-21)25-14-15-27(36(39(37)38)24-7-3-1-4-8-24)29(31(25)35-30)26-9-5-2-6-18-34-26/h1-20,34-35H,(H,37,38). The van der Waals surface area contributed by atoms with Gasteiger partial charge in [0.25, 0.3) is 11.3 Å². The van der Waals surface area contributed by atoms with Gasteiger partial charge < -0.3 is 10.3 Å². The number of hydrogen-bond acceptors (Lipinski definition) is 3. The monoisotopic (exact) mass is 534 g/mol. The van der Waals surface area contributed by atoms with Crippen molar-refractivity contribution in [3.63, 3.8) is 0 Å². The summed E-state index contributed by atoms with van der Waals surface area (Å²) in [5.74, 6) is -0.321. The van der Waals surface area contributed by atoms with E-state index in [1.54, 1.807) is 36.7 Å². The number of nitrogens with zero attached hydrogens (tertiary/aromatic N) is 2. The van der Waals surface area contributed by atoms with Crippen LogP contribution < -0.4 is 9.62 Å². The van der Waals surface area contributed by atoms with Crippen LogP contribution in [0.5, 0.6) is 0 Å². The molecule has 0 amide bonds. The van der Waals surface area contributed by atoms with E-state index in [9.17, 15) is 13.2 Å². The maximum absolute atomic E-state index is 13.8. The number of hydrogen-bond donors (Lipinski definition) is 3. The van der Waals surface area contributed by atoms with Crippen LogP contribution in [-0.4, -0.2) is 18.7 Å². The Balaban J connectivity index is 1.71. The smallest absolute Gasteiger partial charge is 0.266 e. The van der Waals surface area contributed by atoms with Crippen molar-refractivity contribution >= 4 is 39.2 Å². The molecule has 1 atom stereocenters. The summed E-state index contributed by atoms with van der Waals surface area (Å²) in [6.45, 7) is 0. The lowest BCUT2D eigenvalue weighted by Gasteiger charge is -2.24. The summed E-state index contributed by atoms with van der Waals surface area (Å²) in [6, 6.07) is 23.1. The Labute approximate surface area is 227 Å². The van der Waals surface area contributed by atoms with E-state index in [-0.39, 0.29) is 5.82 Å². The number of para-hydroxylation sites is 1. The summed E-state index contributed by atoms with van der Waals surface area (Å²) in [5, 5.41) is 4.22. The second kappa shape index (κ2) is 10.5. The number of nitrogens with one attached hydrogen (secondary N) is 2. The molecule has 0 aliphatic carbocycles. The summed E-state index contributed by atoms with van der Waals surface area (Å²) >= 11 is -2.36. The van der Waals surface area contributed by atoms with Gasteiger partial charge in [-0.05, 0) is 77.9 Å². The maximum Gasteiger partial charge on any atom is 0.266 e. The molecule has 1 unspecified atom stereocenters. The van der Waals surface area contributed by atoms with Crippen molar-refractivity contribution in [2.75, 3.05) is 4.31 Å². The molecule has 3 aromatic carbocycles. The van der Waals surface area contributed by atoms with Gasteiger partial charge in [-0.25, -0.2) is 12.9 Å². The Morgan fingerprint density at radius 1 is 0.821 bits per heavy atom. The number of benzene rings is 3. The highest BCUT2D eigenvalue weighted by Crippen LogP contribution is 2.44. The summed E-state index contributed by atoms with van der Waals surface area (Å²) < 4.78 is 38.5. The largest absolute Gasteiger partial charge is 0.361 e. The minimum atomic E-state index is -2.36. The van der Waals surface area contributed by atoms with Gasteiger partial charge in [0.1, 0.15) is 5.82 Å². The van der Waals surface area contributed by atoms with E-state index < -0.39 is 11.3 Å². The zero-order chi connectivity index (χ0) is 26.8. The Morgan fingerprint density at radius 2 is 1.59 bits per heavy atom. The number of anilines is 2. The number of H-pyrrole nitrogens is 1. The third-order valence-corrected chi connectivity index (χ3v) is 7.23. The fourth-order valence-electron chi connectivity index (χ4n) is 4.84. The molecule has 6 rings (SSSR count). The average Bonchev–Trinajstić information content (AvgIpc) is 3.14. The SMILES string of the molecule is O=S(O)N(c1ccccc1)c1ccc2c(-c3ccncc3)c(-c3ccc(F)cc3)[nH]c2c1C1=CC=CC=CN1. The van der Waals surface area contributed by atoms with Crippen LogP contribution in [0.2, 0.25) is 0 Å². The summed E-state index contributed by atoms with van der Waals surface area (Å²) in [4.78, 5) is 7.77. The summed E-state index contributed by atoms with van der Waals surface area (Å²) in [5.41, 5.74) is 6.76. The van der Waals surface area contributed by atoms with Gasteiger partial charge in [0.05, 0.1) is 22.6 Å². The van der Waals surface area contributed by atoms with Crippen LogP contribution >= 0.6 is 0 Å². The first-order valence-electron chi connectivity index (χ1n) is 12.2. The lowest BCUT2D eigenvalue weighted by Crippen LogP contribution is -2.21. The third kappa shape index (κ3) is 4.67. The van der Waals surface area contributed by atoms with Crippen molar-refractivity contribution in [1.29, 1.82) is 0 Å². The van der Waals surface area contributed by atoms with Gasteiger partial charge >= 0.3 is 0 Å². The van der Waals surface area contributed by atoms with E-state index in [1.807, 2.05) is 73.0 Å². The predicted molar refractivity (Wildman–Crippen MR) is 156 cm³/mol. The van der Waals surface area contributed by atoms with Crippen LogP contribution in [0, 0.1) is 5.82 Å². The molecule has 0 spiro atoms. The number of aromatic amines is 1. The fourth-order valence-corrected chi connectivity index (χ4v) is 5.46. The van der Waals surface area contributed by atoms with Gasteiger partial charge in [-0.3, -0.25) is 9.54 Å².